The van der Waals surface area contributed by atoms with Crippen molar-refractivity contribution in [1.82, 2.24) is 9.47 Å². The molecule has 1 atom stereocenters. The van der Waals surface area contributed by atoms with Crippen LogP contribution in [0.2, 0.25) is 0 Å². The van der Waals surface area contributed by atoms with Crippen LogP contribution in [-0.4, -0.2) is 15.5 Å². The molecule has 2 aromatic carbocycles. The number of hydrogen-bond acceptors (Lipinski definition) is 1. The Balaban J connectivity index is 1.72. The Kier molecular flexibility index (Phi) is 4.48. The van der Waals surface area contributed by atoms with Gasteiger partial charge in [-0.15, -0.1) is 0 Å². The van der Waals surface area contributed by atoms with Crippen LogP contribution in [0.3, 0.4) is 0 Å². The molecule has 0 bridgehead atoms. The van der Waals surface area contributed by atoms with Crippen LogP contribution in [0.4, 0.5) is 10.5 Å². The average molecular weight is 359 g/mol. The van der Waals surface area contributed by atoms with E-state index >= 15 is 0 Å². The second kappa shape index (κ2) is 6.95. The molecule has 138 valence electrons. The fourth-order valence-corrected chi connectivity index (χ4v) is 4.10. The molecule has 1 aliphatic heterocycles. The first-order chi connectivity index (χ1) is 13.1. The summed E-state index contributed by atoms with van der Waals surface area (Å²) in [5.74, 6) is 0. The minimum atomic E-state index is -0.0590. The first-order valence-corrected chi connectivity index (χ1v) is 9.48. The number of para-hydroxylation sites is 1. The topological polar surface area (TPSA) is 37.3 Å². The molecule has 0 spiro atoms. The predicted octanol–water partition coefficient (Wildman–Crippen LogP) is 5.59. The zero-order valence-corrected chi connectivity index (χ0v) is 16.1. The number of rotatable bonds is 2. The second-order valence-electron chi connectivity index (χ2n) is 7.29. The standard InChI is InChI=1S/C23H25N3O/c1-4-20-22-10-7-11-25(22)21-9-6-5-8-18(21)15-26(20)23(27)24-19-13-16(2)12-17(3)14-19/h5-14,20H,4,15H2,1-3H3,(H,24,27). The van der Waals surface area contributed by atoms with Crippen molar-refractivity contribution in [2.75, 3.05) is 5.32 Å². The number of carbonyl (C=O) groups is 1. The zero-order valence-electron chi connectivity index (χ0n) is 16.1. The summed E-state index contributed by atoms with van der Waals surface area (Å²) in [6, 6.07) is 18.6. The van der Waals surface area contributed by atoms with E-state index in [-0.39, 0.29) is 12.1 Å². The number of urea groups is 1. The van der Waals surface area contributed by atoms with E-state index < -0.39 is 0 Å². The summed E-state index contributed by atoms with van der Waals surface area (Å²) in [6.07, 6.45) is 2.94. The van der Waals surface area contributed by atoms with E-state index in [4.69, 9.17) is 0 Å². The molecule has 0 radical (unpaired) electrons. The fraction of sp³-hybridized carbons (Fsp3) is 0.261. The van der Waals surface area contributed by atoms with Gasteiger partial charge in [-0.25, -0.2) is 4.79 Å². The van der Waals surface area contributed by atoms with Gasteiger partial charge in [0.25, 0.3) is 0 Å². The van der Waals surface area contributed by atoms with E-state index in [1.165, 1.54) is 0 Å². The van der Waals surface area contributed by atoms with E-state index in [0.29, 0.717) is 6.54 Å². The molecular formula is C23H25N3O. The number of hydrogen-bond donors (Lipinski definition) is 1. The molecule has 0 fully saturated rings. The normalized spacial score (nSPS) is 15.7. The van der Waals surface area contributed by atoms with Crippen LogP contribution in [-0.2, 0) is 6.54 Å². The summed E-state index contributed by atoms with van der Waals surface area (Å²) in [7, 11) is 0. The summed E-state index contributed by atoms with van der Waals surface area (Å²) >= 11 is 0. The molecule has 4 heteroatoms. The van der Waals surface area contributed by atoms with E-state index in [1.807, 2.05) is 36.9 Å². The second-order valence-corrected chi connectivity index (χ2v) is 7.29. The lowest BCUT2D eigenvalue weighted by Crippen LogP contribution is -2.37. The highest BCUT2D eigenvalue weighted by Crippen LogP contribution is 2.34. The number of amides is 2. The highest BCUT2D eigenvalue weighted by molar-refractivity contribution is 5.90. The zero-order chi connectivity index (χ0) is 19.0. The van der Waals surface area contributed by atoms with Crippen molar-refractivity contribution < 1.29 is 4.79 Å². The van der Waals surface area contributed by atoms with Crippen molar-refractivity contribution >= 4 is 11.7 Å². The monoisotopic (exact) mass is 359 g/mol. The molecule has 27 heavy (non-hydrogen) atoms. The largest absolute Gasteiger partial charge is 0.322 e. The molecular weight excluding hydrogens is 334 g/mol. The van der Waals surface area contributed by atoms with Gasteiger partial charge in [0.15, 0.2) is 0 Å². The maximum atomic E-state index is 13.3. The lowest BCUT2D eigenvalue weighted by atomic mass is 10.1. The molecule has 2 heterocycles. The van der Waals surface area contributed by atoms with Gasteiger partial charge in [-0.2, -0.15) is 0 Å². The Labute approximate surface area is 160 Å². The Bertz CT molecular complexity index is 969. The minimum absolute atomic E-state index is 0.0262. The van der Waals surface area contributed by atoms with Gasteiger partial charge in [0.2, 0.25) is 0 Å². The van der Waals surface area contributed by atoms with Gasteiger partial charge in [-0.3, -0.25) is 0 Å². The third kappa shape index (κ3) is 3.23. The fourth-order valence-electron chi connectivity index (χ4n) is 4.10. The Morgan fingerprint density at radius 1 is 1.07 bits per heavy atom. The predicted molar refractivity (Wildman–Crippen MR) is 109 cm³/mol. The van der Waals surface area contributed by atoms with Crippen molar-refractivity contribution in [3.8, 4) is 5.69 Å². The number of fused-ring (bicyclic) bond motifs is 3. The molecule has 0 saturated heterocycles. The molecule has 3 aromatic rings. The molecule has 0 aliphatic carbocycles. The molecule has 1 unspecified atom stereocenters. The average Bonchev–Trinajstić information content (AvgIpc) is 3.05. The van der Waals surface area contributed by atoms with Gasteiger partial charge in [-0.05, 0) is 67.3 Å². The number of anilines is 1. The maximum absolute atomic E-state index is 13.3. The quantitative estimate of drug-likeness (QED) is 0.636. The summed E-state index contributed by atoms with van der Waals surface area (Å²) in [4.78, 5) is 15.2. The Morgan fingerprint density at radius 3 is 2.56 bits per heavy atom. The van der Waals surface area contributed by atoms with Gasteiger partial charge in [0.1, 0.15) is 0 Å². The van der Waals surface area contributed by atoms with Crippen molar-refractivity contribution in [1.29, 1.82) is 0 Å². The van der Waals surface area contributed by atoms with Crippen molar-refractivity contribution in [2.45, 2.75) is 39.8 Å². The van der Waals surface area contributed by atoms with Crippen molar-refractivity contribution in [2.24, 2.45) is 0 Å². The lowest BCUT2D eigenvalue weighted by molar-refractivity contribution is 0.181. The number of aromatic nitrogens is 1. The van der Waals surface area contributed by atoms with E-state index in [9.17, 15) is 4.79 Å². The van der Waals surface area contributed by atoms with E-state index in [0.717, 1.165) is 40.2 Å². The molecule has 2 amide bonds. The molecule has 1 aromatic heterocycles. The van der Waals surface area contributed by atoms with Gasteiger partial charge < -0.3 is 14.8 Å². The lowest BCUT2D eigenvalue weighted by Gasteiger charge is -2.30. The number of nitrogens with one attached hydrogen (secondary N) is 1. The van der Waals surface area contributed by atoms with Crippen LogP contribution < -0.4 is 5.32 Å². The van der Waals surface area contributed by atoms with E-state index in [2.05, 4.69) is 59.4 Å². The number of carbonyl (C=O) groups excluding carboxylic acids is 1. The van der Waals surface area contributed by atoms with Crippen LogP contribution in [0, 0.1) is 13.8 Å². The first-order valence-electron chi connectivity index (χ1n) is 9.48. The van der Waals surface area contributed by atoms with Crippen molar-refractivity contribution in [3.05, 3.63) is 83.2 Å². The highest BCUT2D eigenvalue weighted by atomic mass is 16.2. The summed E-state index contributed by atoms with van der Waals surface area (Å²) in [5, 5.41) is 3.12. The van der Waals surface area contributed by atoms with Crippen LogP contribution in [0.5, 0.6) is 0 Å². The van der Waals surface area contributed by atoms with Gasteiger partial charge in [0.05, 0.1) is 18.3 Å². The van der Waals surface area contributed by atoms with Crippen LogP contribution in [0.1, 0.15) is 41.8 Å². The molecule has 4 rings (SSSR count). The molecule has 1 aliphatic rings. The third-order valence-corrected chi connectivity index (χ3v) is 5.21. The highest BCUT2D eigenvalue weighted by Gasteiger charge is 2.30. The van der Waals surface area contributed by atoms with Gasteiger partial charge >= 0.3 is 6.03 Å². The summed E-state index contributed by atoms with van der Waals surface area (Å²) < 4.78 is 2.22. The first kappa shape index (κ1) is 17.4. The number of benzene rings is 2. The maximum Gasteiger partial charge on any atom is 0.322 e. The molecule has 1 N–H and O–H groups in total. The Morgan fingerprint density at radius 2 is 1.81 bits per heavy atom. The van der Waals surface area contributed by atoms with Crippen LogP contribution in [0.25, 0.3) is 5.69 Å². The SMILES string of the molecule is CCC1c2cccn2-c2ccccc2CN1C(=O)Nc1cc(C)cc(C)c1. The van der Waals surface area contributed by atoms with E-state index in [1.54, 1.807) is 0 Å². The number of nitrogens with zero attached hydrogens (tertiary/aromatic N) is 2. The summed E-state index contributed by atoms with van der Waals surface area (Å²) in [5.41, 5.74) is 6.59. The van der Waals surface area contributed by atoms with Crippen LogP contribution in [0.15, 0.2) is 60.8 Å². The van der Waals surface area contributed by atoms with Gasteiger partial charge in [0, 0.05) is 17.6 Å². The number of aryl methyl sites for hydroxylation is 2. The van der Waals surface area contributed by atoms with Crippen molar-refractivity contribution in [3.63, 3.8) is 0 Å². The minimum Gasteiger partial charge on any atom is -0.318 e. The molecule has 4 nitrogen and oxygen atoms in total. The van der Waals surface area contributed by atoms with Crippen LogP contribution >= 0.6 is 0 Å². The third-order valence-electron chi connectivity index (χ3n) is 5.21. The van der Waals surface area contributed by atoms with Gasteiger partial charge in [-0.1, -0.05) is 31.2 Å². The smallest absolute Gasteiger partial charge is 0.318 e. The Hall–Kier alpha value is -3.01. The molecule has 0 saturated carbocycles. The summed E-state index contributed by atoms with van der Waals surface area (Å²) in [6.45, 7) is 6.82.